The van der Waals surface area contributed by atoms with Gasteiger partial charge in [0, 0.05) is 26.7 Å². The molecule has 88 valence electrons. The van der Waals surface area contributed by atoms with Crippen molar-refractivity contribution in [2.24, 2.45) is 0 Å². The van der Waals surface area contributed by atoms with Crippen molar-refractivity contribution >= 4 is 39.1 Å². The molecule has 0 aliphatic rings. The molecule has 1 heterocycles. The van der Waals surface area contributed by atoms with Crippen LogP contribution in [0.3, 0.4) is 0 Å². The predicted octanol–water partition coefficient (Wildman–Crippen LogP) is 1.99. The molecule has 0 unspecified atom stereocenters. The number of carbonyl (C=O) groups excluding carboxylic acids is 1. The summed E-state index contributed by atoms with van der Waals surface area (Å²) >= 11 is 4.93. The molecule has 1 amide bonds. The fourth-order valence-electron chi connectivity index (χ4n) is 1.13. The molecule has 0 spiro atoms. The van der Waals surface area contributed by atoms with Gasteiger partial charge in [-0.25, -0.2) is 4.79 Å². The maximum atomic E-state index is 10.9. The Kier molecular flexibility index (Phi) is 4.09. The zero-order chi connectivity index (χ0) is 12.3. The van der Waals surface area contributed by atoms with Crippen LogP contribution in [0.1, 0.15) is 18.7 Å². The largest absolute Gasteiger partial charge is 0.474 e. The number of carbonyl (C=O) groups is 2. The van der Waals surface area contributed by atoms with E-state index >= 15 is 0 Å². The zero-order valence-corrected chi connectivity index (χ0v) is 11.3. The van der Waals surface area contributed by atoms with E-state index in [1.807, 2.05) is 25.3 Å². The summed E-state index contributed by atoms with van der Waals surface area (Å²) in [5, 5.41) is 12.8. The standard InChI is InChI=1S/C10H12BrNO3S/c1-10(2,5-12-8(13)9(14)15)7-3-6(11)4-16-7/h3-4H,5H2,1-2H3,(H,12,13)(H,14,15). The maximum Gasteiger partial charge on any atom is 0.394 e. The molecule has 4 nitrogen and oxygen atoms in total. The van der Waals surface area contributed by atoms with Crippen molar-refractivity contribution in [3.63, 3.8) is 0 Å². The predicted molar refractivity (Wildman–Crippen MR) is 65.7 cm³/mol. The Hall–Kier alpha value is -0.880. The van der Waals surface area contributed by atoms with Gasteiger partial charge in [0.1, 0.15) is 0 Å². The molecule has 0 fully saturated rings. The minimum absolute atomic E-state index is 0.276. The lowest BCUT2D eigenvalue weighted by Crippen LogP contribution is -2.39. The summed E-state index contributed by atoms with van der Waals surface area (Å²) in [7, 11) is 0. The van der Waals surface area contributed by atoms with E-state index in [1.165, 1.54) is 0 Å². The third-order valence-electron chi connectivity index (χ3n) is 2.12. The summed E-state index contributed by atoms with van der Waals surface area (Å²) < 4.78 is 0.991. The molecule has 0 radical (unpaired) electrons. The van der Waals surface area contributed by atoms with Crippen molar-refractivity contribution < 1.29 is 14.7 Å². The van der Waals surface area contributed by atoms with Crippen LogP contribution in [0.2, 0.25) is 0 Å². The van der Waals surface area contributed by atoms with E-state index in [1.54, 1.807) is 11.3 Å². The summed E-state index contributed by atoms with van der Waals surface area (Å²) in [5.41, 5.74) is -0.276. The number of halogens is 1. The monoisotopic (exact) mass is 305 g/mol. The topological polar surface area (TPSA) is 66.4 Å². The van der Waals surface area contributed by atoms with Crippen molar-refractivity contribution in [2.45, 2.75) is 19.3 Å². The Morgan fingerprint density at radius 2 is 2.19 bits per heavy atom. The molecule has 0 atom stereocenters. The number of aliphatic carboxylic acids is 1. The number of hydrogen-bond donors (Lipinski definition) is 2. The normalized spacial score (nSPS) is 11.2. The highest BCUT2D eigenvalue weighted by molar-refractivity contribution is 9.10. The summed E-state index contributed by atoms with van der Waals surface area (Å²) in [4.78, 5) is 22.3. The number of nitrogens with one attached hydrogen (secondary N) is 1. The number of thiophene rings is 1. The Bertz CT molecular complexity index is 414. The van der Waals surface area contributed by atoms with Gasteiger partial charge in [-0.15, -0.1) is 11.3 Å². The Morgan fingerprint density at radius 1 is 1.56 bits per heavy atom. The molecule has 0 saturated heterocycles. The van der Waals surface area contributed by atoms with E-state index in [4.69, 9.17) is 5.11 Å². The number of carboxylic acid groups (broad SMARTS) is 1. The second kappa shape index (κ2) is 4.97. The summed E-state index contributed by atoms with van der Waals surface area (Å²) in [6, 6.07) is 1.97. The molecule has 16 heavy (non-hydrogen) atoms. The molecule has 0 saturated carbocycles. The fraction of sp³-hybridized carbons (Fsp3) is 0.400. The van der Waals surface area contributed by atoms with Crippen LogP contribution < -0.4 is 5.32 Å². The molecule has 6 heteroatoms. The molecule has 0 aliphatic carbocycles. The number of hydrogen-bond acceptors (Lipinski definition) is 3. The SMILES string of the molecule is CC(C)(CNC(=O)C(=O)O)c1cc(Br)cs1. The average Bonchev–Trinajstić information content (AvgIpc) is 2.61. The van der Waals surface area contributed by atoms with Gasteiger partial charge in [0.2, 0.25) is 0 Å². The van der Waals surface area contributed by atoms with E-state index in [0.717, 1.165) is 9.35 Å². The summed E-state index contributed by atoms with van der Waals surface area (Å²) in [6.07, 6.45) is 0. The molecule has 1 rings (SSSR count). The van der Waals surface area contributed by atoms with E-state index in [2.05, 4.69) is 21.2 Å². The lowest BCUT2D eigenvalue weighted by Gasteiger charge is -2.22. The van der Waals surface area contributed by atoms with Gasteiger partial charge in [-0.2, -0.15) is 0 Å². The molecular weight excluding hydrogens is 294 g/mol. The van der Waals surface area contributed by atoms with Crippen molar-refractivity contribution in [1.29, 1.82) is 0 Å². The van der Waals surface area contributed by atoms with Gasteiger partial charge < -0.3 is 10.4 Å². The van der Waals surface area contributed by atoms with Gasteiger partial charge in [-0.05, 0) is 22.0 Å². The van der Waals surface area contributed by atoms with Crippen molar-refractivity contribution in [3.05, 3.63) is 20.8 Å². The van der Waals surface area contributed by atoms with Crippen molar-refractivity contribution in [3.8, 4) is 0 Å². The first-order valence-electron chi connectivity index (χ1n) is 4.58. The zero-order valence-electron chi connectivity index (χ0n) is 8.91. The van der Waals surface area contributed by atoms with Crippen LogP contribution >= 0.6 is 27.3 Å². The van der Waals surface area contributed by atoms with E-state index in [0.29, 0.717) is 6.54 Å². The van der Waals surface area contributed by atoms with Gasteiger partial charge in [0.25, 0.3) is 0 Å². The maximum absolute atomic E-state index is 10.9. The van der Waals surface area contributed by atoms with Crippen LogP contribution in [0, 0.1) is 0 Å². The van der Waals surface area contributed by atoms with Gasteiger partial charge in [-0.3, -0.25) is 4.79 Å². The molecule has 0 aliphatic heterocycles. The van der Waals surface area contributed by atoms with E-state index in [9.17, 15) is 9.59 Å². The van der Waals surface area contributed by atoms with Gasteiger partial charge in [-0.1, -0.05) is 13.8 Å². The van der Waals surface area contributed by atoms with Crippen LogP contribution in [0.25, 0.3) is 0 Å². The summed E-state index contributed by atoms with van der Waals surface area (Å²) in [5.74, 6) is -2.42. The highest BCUT2D eigenvalue weighted by atomic mass is 79.9. The fourth-order valence-corrected chi connectivity index (χ4v) is 2.69. The van der Waals surface area contributed by atoms with Crippen LogP contribution in [-0.2, 0) is 15.0 Å². The number of carboxylic acids is 1. The van der Waals surface area contributed by atoms with E-state index in [-0.39, 0.29) is 5.41 Å². The highest BCUT2D eigenvalue weighted by Crippen LogP contribution is 2.30. The molecule has 0 aromatic carbocycles. The second-order valence-corrected chi connectivity index (χ2v) is 5.83. The Morgan fingerprint density at radius 3 is 2.62 bits per heavy atom. The summed E-state index contributed by atoms with van der Waals surface area (Å²) in [6.45, 7) is 4.20. The lowest BCUT2D eigenvalue weighted by atomic mass is 9.91. The van der Waals surface area contributed by atoms with Gasteiger partial charge >= 0.3 is 11.9 Å². The average molecular weight is 306 g/mol. The second-order valence-electron chi connectivity index (χ2n) is 4.00. The van der Waals surface area contributed by atoms with Gasteiger partial charge in [0.05, 0.1) is 0 Å². The Balaban J connectivity index is 2.65. The van der Waals surface area contributed by atoms with E-state index < -0.39 is 11.9 Å². The minimum atomic E-state index is -1.46. The number of amides is 1. The van der Waals surface area contributed by atoms with Gasteiger partial charge in [0.15, 0.2) is 0 Å². The first-order valence-corrected chi connectivity index (χ1v) is 6.26. The first kappa shape index (κ1) is 13.2. The third kappa shape index (κ3) is 3.31. The molecular formula is C10H12BrNO3S. The van der Waals surface area contributed by atoms with Crippen LogP contribution in [0.5, 0.6) is 0 Å². The van der Waals surface area contributed by atoms with Crippen molar-refractivity contribution in [2.75, 3.05) is 6.54 Å². The van der Waals surface area contributed by atoms with Crippen LogP contribution in [-0.4, -0.2) is 23.5 Å². The molecule has 0 bridgehead atoms. The first-order chi connectivity index (χ1) is 7.33. The molecule has 1 aromatic rings. The minimum Gasteiger partial charge on any atom is -0.474 e. The van der Waals surface area contributed by atoms with Crippen molar-refractivity contribution in [1.82, 2.24) is 5.32 Å². The quantitative estimate of drug-likeness (QED) is 0.839. The molecule has 2 N–H and O–H groups in total. The molecule has 1 aromatic heterocycles. The van der Waals surface area contributed by atoms with Crippen LogP contribution in [0.4, 0.5) is 0 Å². The third-order valence-corrected chi connectivity index (χ3v) is 4.18. The van der Waals surface area contributed by atoms with Crippen LogP contribution in [0.15, 0.2) is 15.9 Å². The Labute approximate surface area is 106 Å². The number of rotatable bonds is 3. The smallest absolute Gasteiger partial charge is 0.394 e. The highest BCUT2D eigenvalue weighted by Gasteiger charge is 2.24. The lowest BCUT2D eigenvalue weighted by molar-refractivity contribution is -0.150.